The number of hydrogen-bond donors (Lipinski definition) is 1. The van der Waals surface area contributed by atoms with Crippen molar-refractivity contribution in [3.63, 3.8) is 0 Å². The summed E-state index contributed by atoms with van der Waals surface area (Å²) in [6, 6.07) is 8.75. The minimum absolute atomic E-state index is 0.102. The van der Waals surface area contributed by atoms with Gasteiger partial charge in [0.2, 0.25) is 10.0 Å². The van der Waals surface area contributed by atoms with Gasteiger partial charge in [-0.05, 0) is 61.4 Å². The molecule has 0 fully saturated rings. The van der Waals surface area contributed by atoms with Gasteiger partial charge in [0.15, 0.2) is 0 Å². The monoisotopic (exact) mass is 447 g/mol. The van der Waals surface area contributed by atoms with E-state index >= 15 is 0 Å². The molecule has 2 aromatic carbocycles. The standard InChI is InChI=1S/C20H24F3NO3S2/c1-4-11-24(13-15(3)28-17-7-10-19(25)14(2)12-17)29(26,27)18-8-5-16(6-9-18)20(21,22)23/h5-10,12,15,25H,4,11,13H2,1-3H3. The molecule has 2 aromatic rings. The van der Waals surface area contributed by atoms with E-state index in [1.165, 1.54) is 16.1 Å². The van der Waals surface area contributed by atoms with Crippen LogP contribution in [0.3, 0.4) is 0 Å². The number of benzene rings is 2. The Kier molecular flexibility index (Phi) is 7.64. The quantitative estimate of drug-likeness (QED) is 0.558. The maximum atomic E-state index is 13.0. The second kappa shape index (κ2) is 9.40. The van der Waals surface area contributed by atoms with Crippen molar-refractivity contribution in [3.05, 3.63) is 53.6 Å². The Morgan fingerprint density at radius 2 is 1.76 bits per heavy atom. The molecular weight excluding hydrogens is 423 g/mol. The summed E-state index contributed by atoms with van der Waals surface area (Å²) >= 11 is 1.47. The molecule has 0 aromatic heterocycles. The van der Waals surface area contributed by atoms with Crippen molar-refractivity contribution in [1.82, 2.24) is 4.31 Å². The molecule has 29 heavy (non-hydrogen) atoms. The van der Waals surface area contributed by atoms with E-state index in [0.29, 0.717) is 6.42 Å². The summed E-state index contributed by atoms with van der Waals surface area (Å²) in [4.78, 5) is 0.743. The first kappa shape index (κ1) is 23.6. The molecule has 0 aliphatic rings. The van der Waals surface area contributed by atoms with E-state index in [9.17, 15) is 26.7 Å². The molecule has 0 aliphatic heterocycles. The Hall–Kier alpha value is -1.71. The number of rotatable bonds is 8. The topological polar surface area (TPSA) is 57.6 Å². The number of thioether (sulfide) groups is 1. The molecule has 0 bridgehead atoms. The van der Waals surface area contributed by atoms with Crippen molar-refractivity contribution in [2.75, 3.05) is 13.1 Å². The summed E-state index contributed by atoms with van der Waals surface area (Å²) in [5.41, 5.74) is -0.157. The normalized spacial score (nSPS) is 13.6. The molecule has 1 unspecified atom stereocenters. The second-order valence-corrected chi connectivity index (χ2v) is 10.2. The summed E-state index contributed by atoms with van der Waals surface area (Å²) in [5.74, 6) is 0.194. The Morgan fingerprint density at radius 1 is 1.14 bits per heavy atom. The van der Waals surface area contributed by atoms with Gasteiger partial charge in [-0.3, -0.25) is 0 Å². The zero-order chi connectivity index (χ0) is 21.8. The number of alkyl halides is 3. The first-order valence-corrected chi connectivity index (χ1v) is 11.4. The van der Waals surface area contributed by atoms with Crippen LogP contribution in [-0.2, 0) is 16.2 Å². The molecule has 0 radical (unpaired) electrons. The van der Waals surface area contributed by atoms with E-state index in [1.807, 2.05) is 19.9 Å². The summed E-state index contributed by atoms with van der Waals surface area (Å²) in [6.07, 6.45) is -3.94. The lowest BCUT2D eigenvalue weighted by Gasteiger charge is -2.25. The highest BCUT2D eigenvalue weighted by Crippen LogP contribution is 2.31. The van der Waals surface area contributed by atoms with Gasteiger partial charge in [-0.2, -0.15) is 17.5 Å². The van der Waals surface area contributed by atoms with Crippen LogP contribution in [0.2, 0.25) is 0 Å². The zero-order valence-electron chi connectivity index (χ0n) is 16.4. The van der Waals surface area contributed by atoms with E-state index in [1.54, 1.807) is 19.1 Å². The second-order valence-electron chi connectivity index (χ2n) is 6.76. The van der Waals surface area contributed by atoms with Gasteiger partial charge in [0.1, 0.15) is 5.75 Å². The van der Waals surface area contributed by atoms with Gasteiger partial charge in [0.25, 0.3) is 0 Å². The number of phenolic OH excluding ortho intramolecular Hbond substituents is 1. The highest BCUT2D eigenvalue weighted by Gasteiger charge is 2.32. The third-order valence-corrected chi connectivity index (χ3v) is 7.22. The van der Waals surface area contributed by atoms with Crippen molar-refractivity contribution in [1.29, 1.82) is 0 Å². The minimum atomic E-state index is -4.52. The van der Waals surface area contributed by atoms with Crippen molar-refractivity contribution in [2.45, 2.75) is 48.4 Å². The molecule has 0 heterocycles. The van der Waals surface area contributed by atoms with Crippen molar-refractivity contribution < 1.29 is 26.7 Å². The van der Waals surface area contributed by atoms with Crippen LogP contribution in [0.15, 0.2) is 52.3 Å². The molecular formula is C20H24F3NO3S2. The maximum absolute atomic E-state index is 13.0. The Labute approximate surface area is 173 Å². The lowest BCUT2D eigenvalue weighted by molar-refractivity contribution is -0.137. The number of nitrogens with zero attached hydrogens (tertiary/aromatic N) is 1. The van der Waals surface area contributed by atoms with Crippen molar-refractivity contribution in [3.8, 4) is 5.75 Å². The van der Waals surface area contributed by atoms with E-state index in [4.69, 9.17) is 0 Å². The van der Waals surface area contributed by atoms with Gasteiger partial charge in [-0.15, -0.1) is 11.8 Å². The van der Waals surface area contributed by atoms with Gasteiger partial charge >= 0.3 is 6.18 Å². The molecule has 0 spiro atoms. The number of phenols is 1. The van der Waals surface area contributed by atoms with Crippen LogP contribution < -0.4 is 0 Å². The van der Waals surface area contributed by atoms with E-state index in [2.05, 4.69) is 0 Å². The maximum Gasteiger partial charge on any atom is 0.416 e. The zero-order valence-corrected chi connectivity index (χ0v) is 18.0. The Balaban J connectivity index is 2.19. The molecule has 160 valence electrons. The summed E-state index contributed by atoms with van der Waals surface area (Å²) in [6.45, 7) is 5.99. The predicted octanol–water partition coefficient (Wildman–Crippen LogP) is 5.30. The fraction of sp³-hybridized carbons (Fsp3) is 0.400. The molecule has 0 saturated heterocycles. The Bertz CT molecular complexity index is 929. The van der Waals surface area contributed by atoms with Crippen LogP contribution in [0.4, 0.5) is 13.2 Å². The lowest BCUT2D eigenvalue weighted by Crippen LogP contribution is -2.36. The fourth-order valence-corrected chi connectivity index (χ4v) is 5.61. The number of hydrogen-bond acceptors (Lipinski definition) is 4. The third-order valence-electron chi connectivity index (χ3n) is 4.26. The van der Waals surface area contributed by atoms with Crippen LogP contribution in [0.25, 0.3) is 0 Å². The van der Waals surface area contributed by atoms with Gasteiger partial charge in [0.05, 0.1) is 10.5 Å². The molecule has 0 amide bonds. The summed E-state index contributed by atoms with van der Waals surface area (Å²) in [5, 5.41) is 9.53. The average Bonchev–Trinajstić information content (AvgIpc) is 2.64. The van der Waals surface area contributed by atoms with E-state index < -0.39 is 21.8 Å². The van der Waals surface area contributed by atoms with Crippen molar-refractivity contribution >= 4 is 21.8 Å². The predicted molar refractivity (Wildman–Crippen MR) is 109 cm³/mol. The summed E-state index contributed by atoms with van der Waals surface area (Å²) in [7, 11) is -3.92. The number of aromatic hydroxyl groups is 1. The molecule has 1 N–H and O–H groups in total. The minimum Gasteiger partial charge on any atom is -0.508 e. The smallest absolute Gasteiger partial charge is 0.416 e. The van der Waals surface area contributed by atoms with E-state index in [-0.39, 0.29) is 29.0 Å². The molecule has 9 heteroatoms. The van der Waals surface area contributed by atoms with Crippen LogP contribution in [0.5, 0.6) is 5.75 Å². The largest absolute Gasteiger partial charge is 0.508 e. The van der Waals surface area contributed by atoms with Gasteiger partial charge < -0.3 is 5.11 Å². The van der Waals surface area contributed by atoms with Gasteiger partial charge in [0, 0.05) is 23.2 Å². The highest BCUT2D eigenvalue weighted by molar-refractivity contribution is 8.00. The number of halogens is 3. The van der Waals surface area contributed by atoms with Crippen LogP contribution in [-0.4, -0.2) is 36.2 Å². The molecule has 2 rings (SSSR count). The van der Waals surface area contributed by atoms with Crippen LogP contribution in [0.1, 0.15) is 31.4 Å². The first-order valence-electron chi connectivity index (χ1n) is 9.08. The summed E-state index contributed by atoms with van der Waals surface area (Å²) < 4.78 is 65.5. The fourth-order valence-electron chi connectivity index (χ4n) is 2.78. The number of aryl methyl sites for hydroxylation is 1. The third kappa shape index (κ3) is 6.13. The Morgan fingerprint density at radius 3 is 2.28 bits per heavy atom. The average molecular weight is 448 g/mol. The van der Waals surface area contributed by atoms with Crippen molar-refractivity contribution in [2.24, 2.45) is 0 Å². The van der Waals surface area contributed by atoms with Crippen LogP contribution >= 0.6 is 11.8 Å². The highest BCUT2D eigenvalue weighted by atomic mass is 32.2. The molecule has 0 aliphatic carbocycles. The number of sulfonamides is 1. The first-order chi connectivity index (χ1) is 13.4. The molecule has 1 atom stereocenters. The van der Waals surface area contributed by atoms with E-state index in [0.717, 1.165) is 34.7 Å². The molecule has 0 saturated carbocycles. The SMILES string of the molecule is CCCN(CC(C)Sc1ccc(O)c(C)c1)S(=O)(=O)c1ccc(C(F)(F)F)cc1. The van der Waals surface area contributed by atoms with Gasteiger partial charge in [-0.25, -0.2) is 8.42 Å². The lowest BCUT2D eigenvalue weighted by atomic mass is 10.2. The van der Waals surface area contributed by atoms with Gasteiger partial charge in [-0.1, -0.05) is 13.8 Å². The molecule has 4 nitrogen and oxygen atoms in total. The van der Waals surface area contributed by atoms with Crippen LogP contribution in [0, 0.1) is 6.92 Å².